The molecule has 0 saturated heterocycles. The molecular formula is C25H30ClNS. The van der Waals surface area contributed by atoms with Crippen molar-refractivity contribution in [2.24, 2.45) is 10.9 Å². The molecule has 0 radical (unpaired) electrons. The molecule has 28 heavy (non-hydrogen) atoms. The number of hydrogen-bond acceptors (Lipinski definition) is 2. The van der Waals surface area contributed by atoms with Gasteiger partial charge in [0.05, 0.1) is 15.9 Å². The van der Waals surface area contributed by atoms with Gasteiger partial charge in [-0.15, -0.1) is 0 Å². The van der Waals surface area contributed by atoms with Crippen LogP contribution in [0.3, 0.4) is 0 Å². The van der Waals surface area contributed by atoms with Crippen LogP contribution in [0.15, 0.2) is 41.4 Å². The maximum atomic E-state index is 6.40. The first-order valence-electron chi connectivity index (χ1n) is 10.6. The minimum absolute atomic E-state index is 0.623. The van der Waals surface area contributed by atoms with Crippen molar-refractivity contribution in [1.82, 2.24) is 0 Å². The monoisotopic (exact) mass is 411 g/mol. The van der Waals surface area contributed by atoms with Crippen molar-refractivity contribution in [3.8, 4) is 11.1 Å². The zero-order valence-electron chi connectivity index (χ0n) is 17.0. The third-order valence-corrected chi connectivity index (χ3v) is 6.57. The summed E-state index contributed by atoms with van der Waals surface area (Å²) in [5, 5.41) is 3.03. The lowest BCUT2D eigenvalue weighted by Crippen LogP contribution is -2.13. The summed E-state index contributed by atoms with van der Waals surface area (Å²) < 4.78 is 0. The normalized spacial score (nSPS) is 19.2. The van der Waals surface area contributed by atoms with Crippen LogP contribution in [0.25, 0.3) is 11.1 Å². The summed E-state index contributed by atoms with van der Waals surface area (Å²) in [5.41, 5.74) is 5.54. The Labute approximate surface area is 180 Å². The lowest BCUT2D eigenvalue weighted by atomic mass is 9.77. The van der Waals surface area contributed by atoms with Crippen molar-refractivity contribution in [3.05, 3.63) is 52.5 Å². The van der Waals surface area contributed by atoms with Crippen LogP contribution in [0.2, 0.25) is 5.02 Å². The highest BCUT2D eigenvalue weighted by Crippen LogP contribution is 2.39. The molecule has 148 valence electrons. The molecule has 0 N–H and O–H groups in total. The highest BCUT2D eigenvalue weighted by Gasteiger charge is 2.22. The van der Waals surface area contributed by atoms with Crippen molar-refractivity contribution >= 4 is 34.7 Å². The van der Waals surface area contributed by atoms with Crippen LogP contribution in [0.5, 0.6) is 0 Å². The third kappa shape index (κ3) is 5.32. The van der Waals surface area contributed by atoms with Gasteiger partial charge >= 0.3 is 0 Å². The fourth-order valence-corrected chi connectivity index (χ4v) is 4.91. The van der Waals surface area contributed by atoms with Gasteiger partial charge in [-0.2, -0.15) is 4.99 Å². The van der Waals surface area contributed by atoms with E-state index in [1.54, 1.807) is 0 Å². The predicted molar refractivity (Wildman–Crippen MR) is 125 cm³/mol. The second kappa shape index (κ2) is 10.3. The van der Waals surface area contributed by atoms with Gasteiger partial charge in [-0.05, 0) is 91.0 Å². The summed E-state index contributed by atoms with van der Waals surface area (Å²) in [7, 11) is 0. The molecule has 0 aliphatic heterocycles. The van der Waals surface area contributed by atoms with E-state index in [2.05, 4.69) is 47.4 Å². The van der Waals surface area contributed by atoms with Gasteiger partial charge in [0.25, 0.3) is 0 Å². The number of unbranched alkanes of at least 4 members (excludes halogenated alkanes) is 2. The Morgan fingerprint density at radius 2 is 1.75 bits per heavy atom. The van der Waals surface area contributed by atoms with Gasteiger partial charge in [0, 0.05) is 0 Å². The number of nitrogens with zero attached hydrogens (tertiary/aromatic N) is 1. The summed E-state index contributed by atoms with van der Waals surface area (Å²) in [6, 6.07) is 13.2. The summed E-state index contributed by atoms with van der Waals surface area (Å²) >= 11 is 11.1. The van der Waals surface area contributed by atoms with Gasteiger partial charge in [-0.25, -0.2) is 0 Å². The summed E-state index contributed by atoms with van der Waals surface area (Å²) in [4.78, 5) is 4.08. The number of isothiocyanates is 1. The predicted octanol–water partition coefficient (Wildman–Crippen LogP) is 8.90. The fourth-order valence-electron chi connectivity index (χ4n) is 4.51. The molecule has 0 bridgehead atoms. The average molecular weight is 412 g/mol. The Bertz CT molecular complexity index is 805. The van der Waals surface area contributed by atoms with Gasteiger partial charge in [0.1, 0.15) is 0 Å². The standard InChI is InChI=1S/C25H30ClNS/c1-3-4-5-6-19-7-9-20(10-8-19)21-11-13-22(14-12-21)23-15-18(2)25(27-17-28)24(26)16-23/h11-16,19-20H,3-10H2,1-2H3. The molecule has 0 heterocycles. The number of hydrogen-bond donors (Lipinski definition) is 0. The fraction of sp³-hybridized carbons (Fsp3) is 0.480. The number of aryl methyl sites for hydroxylation is 1. The molecule has 2 aromatic carbocycles. The van der Waals surface area contributed by atoms with Crippen molar-refractivity contribution in [2.45, 2.75) is 71.1 Å². The SMILES string of the molecule is CCCCCC1CCC(c2ccc(-c3cc(C)c(N=C=S)c(Cl)c3)cc2)CC1. The maximum absolute atomic E-state index is 6.40. The molecule has 1 fully saturated rings. The summed E-state index contributed by atoms with van der Waals surface area (Å²) in [5.74, 6) is 1.68. The van der Waals surface area contributed by atoms with Crippen LogP contribution in [0, 0.1) is 12.8 Å². The Morgan fingerprint density at radius 1 is 1.04 bits per heavy atom. The molecule has 2 aromatic rings. The van der Waals surface area contributed by atoms with E-state index in [-0.39, 0.29) is 0 Å². The van der Waals surface area contributed by atoms with E-state index in [0.29, 0.717) is 10.7 Å². The number of halogens is 1. The van der Waals surface area contributed by atoms with Crippen molar-refractivity contribution < 1.29 is 0 Å². The average Bonchev–Trinajstić information content (AvgIpc) is 2.71. The quantitative estimate of drug-likeness (QED) is 0.251. The van der Waals surface area contributed by atoms with E-state index < -0.39 is 0 Å². The molecule has 0 spiro atoms. The van der Waals surface area contributed by atoms with Crippen molar-refractivity contribution in [1.29, 1.82) is 0 Å². The summed E-state index contributed by atoms with van der Waals surface area (Å²) in [6.45, 7) is 4.30. The number of aliphatic imine (C=N–C) groups is 1. The van der Waals surface area contributed by atoms with Crippen LogP contribution in [-0.2, 0) is 0 Å². The molecule has 0 atom stereocenters. The lowest BCUT2D eigenvalue weighted by Gasteiger charge is -2.29. The van der Waals surface area contributed by atoms with Crippen LogP contribution >= 0.6 is 23.8 Å². The second-order valence-electron chi connectivity index (χ2n) is 8.16. The van der Waals surface area contributed by atoms with Gasteiger partial charge in [0.2, 0.25) is 0 Å². The first-order chi connectivity index (χ1) is 13.6. The maximum Gasteiger partial charge on any atom is 0.0955 e. The molecule has 0 amide bonds. The van der Waals surface area contributed by atoms with E-state index in [0.717, 1.165) is 23.0 Å². The van der Waals surface area contributed by atoms with E-state index in [9.17, 15) is 0 Å². The highest BCUT2D eigenvalue weighted by molar-refractivity contribution is 7.78. The van der Waals surface area contributed by atoms with E-state index in [4.69, 9.17) is 23.8 Å². The van der Waals surface area contributed by atoms with E-state index in [1.807, 2.05) is 13.0 Å². The number of thiocarbonyl (C=S) groups is 1. The van der Waals surface area contributed by atoms with Crippen LogP contribution in [0.4, 0.5) is 5.69 Å². The molecule has 3 heteroatoms. The van der Waals surface area contributed by atoms with Crippen LogP contribution < -0.4 is 0 Å². The van der Waals surface area contributed by atoms with E-state index >= 15 is 0 Å². The molecule has 1 aliphatic carbocycles. The van der Waals surface area contributed by atoms with Crippen molar-refractivity contribution in [2.75, 3.05) is 0 Å². The molecule has 1 nitrogen and oxygen atoms in total. The number of rotatable bonds is 7. The molecule has 3 rings (SSSR count). The Balaban J connectivity index is 1.65. The molecule has 1 saturated carbocycles. The Morgan fingerprint density at radius 3 is 2.36 bits per heavy atom. The largest absolute Gasteiger partial charge is 0.193 e. The van der Waals surface area contributed by atoms with Gasteiger partial charge in [0.15, 0.2) is 0 Å². The zero-order chi connectivity index (χ0) is 19.9. The van der Waals surface area contributed by atoms with Gasteiger partial charge in [-0.3, -0.25) is 0 Å². The first-order valence-corrected chi connectivity index (χ1v) is 11.4. The summed E-state index contributed by atoms with van der Waals surface area (Å²) in [6.07, 6.45) is 11.0. The lowest BCUT2D eigenvalue weighted by molar-refractivity contribution is 0.303. The Hall–Kier alpha value is -1.47. The van der Waals surface area contributed by atoms with Crippen molar-refractivity contribution in [3.63, 3.8) is 0 Å². The highest BCUT2D eigenvalue weighted by atomic mass is 35.5. The zero-order valence-corrected chi connectivity index (χ0v) is 18.6. The minimum Gasteiger partial charge on any atom is -0.193 e. The first kappa shape index (κ1) is 21.2. The molecular weight excluding hydrogens is 382 g/mol. The minimum atomic E-state index is 0.623. The molecule has 0 aromatic heterocycles. The Kier molecular flexibility index (Phi) is 7.85. The third-order valence-electron chi connectivity index (χ3n) is 6.19. The molecule has 1 aliphatic rings. The topological polar surface area (TPSA) is 12.4 Å². The van der Waals surface area contributed by atoms with E-state index in [1.165, 1.54) is 62.5 Å². The van der Waals surface area contributed by atoms with Gasteiger partial charge < -0.3 is 0 Å². The van der Waals surface area contributed by atoms with Gasteiger partial charge in [-0.1, -0.05) is 68.5 Å². The number of benzene rings is 2. The van der Waals surface area contributed by atoms with Crippen LogP contribution in [-0.4, -0.2) is 5.16 Å². The van der Waals surface area contributed by atoms with Crippen LogP contribution in [0.1, 0.15) is 75.3 Å². The second-order valence-corrected chi connectivity index (χ2v) is 8.75. The smallest absolute Gasteiger partial charge is 0.0955 e. The molecule has 0 unspecified atom stereocenters.